The highest BCUT2D eigenvalue weighted by atomic mass is 32.2. The van der Waals surface area contributed by atoms with Crippen LogP contribution in [0.4, 0.5) is 9.59 Å². The highest BCUT2D eigenvalue weighted by molar-refractivity contribution is 8.14. The third-order valence-corrected chi connectivity index (χ3v) is 7.94. The Morgan fingerprint density at radius 3 is 2.00 bits per heavy atom. The molecule has 2 heterocycles. The Hall–Kier alpha value is -1.34. The first-order valence-corrected chi connectivity index (χ1v) is 14.2. The number of ether oxygens (including phenoxy) is 5. The van der Waals surface area contributed by atoms with Crippen LogP contribution in [0.25, 0.3) is 0 Å². The maximum absolute atomic E-state index is 13.1. The Bertz CT molecular complexity index is 745. The molecule has 0 aliphatic carbocycles. The zero-order valence-corrected chi connectivity index (χ0v) is 24.5. The molecule has 2 fully saturated rings. The number of hydrogen-bond donors (Lipinski definition) is 0. The molecule has 2 amide bonds. The average Bonchev–Trinajstić information content (AvgIpc) is 3.31. The van der Waals surface area contributed by atoms with Crippen LogP contribution in [0.1, 0.15) is 55.4 Å². The van der Waals surface area contributed by atoms with Crippen molar-refractivity contribution >= 4 is 40.5 Å². The summed E-state index contributed by atoms with van der Waals surface area (Å²) >= 11 is 6.70. The topological polar surface area (TPSA) is 90.0 Å². The number of rotatable bonds is 11. The van der Waals surface area contributed by atoms with Crippen LogP contribution in [0.15, 0.2) is 0 Å². The molecule has 0 spiro atoms. The van der Waals surface area contributed by atoms with Gasteiger partial charge in [0, 0.05) is 39.3 Å². The number of amides is 2. The molecule has 208 valence electrons. The van der Waals surface area contributed by atoms with Gasteiger partial charge < -0.3 is 38.4 Å². The van der Waals surface area contributed by atoms with Crippen LogP contribution in [-0.4, -0.2) is 113 Å². The van der Waals surface area contributed by atoms with E-state index in [-0.39, 0.29) is 17.0 Å². The van der Waals surface area contributed by atoms with E-state index in [4.69, 9.17) is 35.9 Å². The van der Waals surface area contributed by atoms with E-state index in [9.17, 15) is 9.59 Å². The summed E-state index contributed by atoms with van der Waals surface area (Å²) in [5.74, 6) is -0.848. The molecule has 0 aromatic heterocycles. The van der Waals surface area contributed by atoms with Gasteiger partial charge in [0.2, 0.25) is 0 Å². The smallest absolute Gasteiger partial charge is 0.409 e. The molecule has 5 atom stereocenters. The first-order valence-electron chi connectivity index (χ1n) is 12.9. The molecule has 0 unspecified atom stereocenters. The lowest BCUT2D eigenvalue weighted by Gasteiger charge is -2.33. The van der Waals surface area contributed by atoms with Crippen LogP contribution in [0, 0.1) is 0 Å². The molecule has 2 saturated heterocycles. The molecule has 0 N–H and O–H groups in total. The molecular weight excluding hydrogens is 506 g/mol. The molecule has 0 aromatic rings. The van der Waals surface area contributed by atoms with Gasteiger partial charge in [-0.05, 0) is 67.6 Å². The van der Waals surface area contributed by atoms with Gasteiger partial charge in [-0.1, -0.05) is 11.8 Å². The van der Waals surface area contributed by atoms with Gasteiger partial charge in [0.1, 0.15) is 18.8 Å². The fourth-order valence-corrected chi connectivity index (χ4v) is 5.93. The molecule has 2 rings (SSSR count). The number of carbonyl (C=O) groups excluding carboxylic acids is 2. The minimum Gasteiger partial charge on any atom is -0.461 e. The highest BCUT2D eigenvalue weighted by Gasteiger charge is 2.58. The fraction of sp³-hybridized carbons (Fsp3) is 0.875. The lowest BCUT2D eigenvalue weighted by atomic mass is 10.1. The normalized spacial score (nSPS) is 25.1. The van der Waals surface area contributed by atoms with E-state index in [1.807, 2.05) is 60.3 Å². The third kappa shape index (κ3) is 7.59. The van der Waals surface area contributed by atoms with E-state index in [1.165, 1.54) is 0 Å². The lowest BCUT2D eigenvalue weighted by Crippen LogP contribution is -2.47. The number of nitrogens with zero attached hydrogens (tertiary/aromatic N) is 3. The Morgan fingerprint density at radius 1 is 0.917 bits per heavy atom. The van der Waals surface area contributed by atoms with E-state index in [2.05, 4.69) is 0 Å². The second kappa shape index (κ2) is 14.0. The standard InChI is InChI=1S/C24H43N3O7S2/c1-9-25(10-2)21(28)30-15-16(31-23(35)27(13-5)14-6)17-19(36-22(29)26(11-3)12-4)18-20(32-17)34-24(7,8)33-18/h16-20H,9-15H2,1-8H3/t16-,17-,18-,19+,20-/m1/s1. The van der Waals surface area contributed by atoms with Crippen molar-refractivity contribution in [3.05, 3.63) is 0 Å². The van der Waals surface area contributed by atoms with Crippen molar-refractivity contribution in [2.24, 2.45) is 0 Å². The van der Waals surface area contributed by atoms with Gasteiger partial charge in [0.15, 0.2) is 18.2 Å². The minimum atomic E-state index is -0.848. The summed E-state index contributed by atoms with van der Waals surface area (Å²) < 4.78 is 30.3. The summed E-state index contributed by atoms with van der Waals surface area (Å²) in [7, 11) is 0. The number of fused-ring (bicyclic) bond motifs is 1. The van der Waals surface area contributed by atoms with Crippen LogP contribution in [-0.2, 0) is 23.7 Å². The van der Waals surface area contributed by atoms with Crippen molar-refractivity contribution in [1.82, 2.24) is 14.7 Å². The second-order valence-electron chi connectivity index (χ2n) is 8.93. The molecule has 2 aliphatic rings. The van der Waals surface area contributed by atoms with Gasteiger partial charge in [-0.2, -0.15) is 0 Å². The van der Waals surface area contributed by atoms with Crippen molar-refractivity contribution in [1.29, 1.82) is 0 Å². The second-order valence-corrected chi connectivity index (χ2v) is 10.4. The van der Waals surface area contributed by atoms with Gasteiger partial charge in [0.25, 0.3) is 10.4 Å². The van der Waals surface area contributed by atoms with Gasteiger partial charge >= 0.3 is 6.09 Å². The Labute approximate surface area is 225 Å². The van der Waals surface area contributed by atoms with Crippen molar-refractivity contribution in [3.8, 4) is 0 Å². The Kier molecular flexibility index (Phi) is 12.0. The molecule has 12 heteroatoms. The van der Waals surface area contributed by atoms with Gasteiger partial charge in [-0.15, -0.1) is 0 Å². The summed E-state index contributed by atoms with van der Waals surface area (Å²) in [6.45, 7) is 18.7. The summed E-state index contributed by atoms with van der Waals surface area (Å²) in [6, 6.07) is 0. The maximum Gasteiger partial charge on any atom is 0.409 e. The van der Waals surface area contributed by atoms with Crippen LogP contribution < -0.4 is 0 Å². The first-order chi connectivity index (χ1) is 17.0. The molecule has 2 aliphatic heterocycles. The Morgan fingerprint density at radius 2 is 1.47 bits per heavy atom. The van der Waals surface area contributed by atoms with Gasteiger partial charge in [-0.3, -0.25) is 4.79 Å². The van der Waals surface area contributed by atoms with Crippen molar-refractivity contribution < 1.29 is 33.3 Å². The summed E-state index contributed by atoms with van der Waals surface area (Å²) in [5.41, 5.74) is 0. The molecule has 36 heavy (non-hydrogen) atoms. The predicted molar refractivity (Wildman–Crippen MR) is 143 cm³/mol. The van der Waals surface area contributed by atoms with E-state index >= 15 is 0 Å². The number of thiocarbonyl (C=S) groups is 1. The van der Waals surface area contributed by atoms with Crippen molar-refractivity contribution in [2.75, 3.05) is 45.9 Å². The molecule has 0 saturated carbocycles. The Balaban J connectivity index is 2.33. The zero-order chi connectivity index (χ0) is 27.0. The minimum absolute atomic E-state index is 0.0854. The molecule has 0 aromatic carbocycles. The van der Waals surface area contributed by atoms with Gasteiger partial charge in [0.05, 0.1) is 5.25 Å². The molecule has 0 radical (unpaired) electrons. The summed E-state index contributed by atoms with van der Waals surface area (Å²) in [6.07, 6.45) is -3.06. The maximum atomic E-state index is 13.1. The fourth-order valence-electron chi connectivity index (χ4n) is 4.22. The van der Waals surface area contributed by atoms with E-state index in [0.29, 0.717) is 39.3 Å². The lowest BCUT2D eigenvalue weighted by molar-refractivity contribution is -0.214. The average molecular weight is 550 g/mol. The molecule has 10 nitrogen and oxygen atoms in total. The first kappa shape index (κ1) is 30.9. The molecule has 0 bridgehead atoms. The van der Waals surface area contributed by atoms with Crippen LogP contribution in [0.2, 0.25) is 0 Å². The number of thioether (sulfide) groups is 1. The summed E-state index contributed by atoms with van der Waals surface area (Å²) in [4.78, 5) is 30.9. The monoisotopic (exact) mass is 549 g/mol. The van der Waals surface area contributed by atoms with E-state index in [0.717, 1.165) is 11.8 Å². The van der Waals surface area contributed by atoms with Crippen molar-refractivity contribution in [3.63, 3.8) is 0 Å². The zero-order valence-electron chi connectivity index (χ0n) is 22.9. The SMILES string of the molecule is CCN(CC)C(=O)OC[C@@H](OC(=S)N(CC)CC)[C@H]1O[C@@H]2OC(C)(C)O[C@@H]2[C@H]1SC(=O)N(CC)CC. The quantitative estimate of drug-likeness (QED) is 0.353. The van der Waals surface area contributed by atoms with Crippen LogP contribution >= 0.6 is 24.0 Å². The number of hydrogen-bond acceptors (Lipinski definition) is 9. The number of carbonyl (C=O) groups is 2. The summed E-state index contributed by atoms with van der Waals surface area (Å²) in [5, 5.41) is -0.259. The molecular formula is C24H43N3O7S2. The largest absolute Gasteiger partial charge is 0.461 e. The van der Waals surface area contributed by atoms with Crippen molar-refractivity contribution in [2.45, 2.75) is 91.0 Å². The highest BCUT2D eigenvalue weighted by Crippen LogP contribution is 2.44. The van der Waals surface area contributed by atoms with Gasteiger partial charge in [-0.25, -0.2) is 4.79 Å². The van der Waals surface area contributed by atoms with E-state index in [1.54, 1.807) is 9.80 Å². The van der Waals surface area contributed by atoms with E-state index < -0.39 is 41.7 Å². The van der Waals surface area contributed by atoms with Crippen LogP contribution in [0.3, 0.4) is 0 Å². The van der Waals surface area contributed by atoms with Crippen LogP contribution in [0.5, 0.6) is 0 Å². The predicted octanol–water partition coefficient (Wildman–Crippen LogP) is 3.92. The third-order valence-electron chi connectivity index (χ3n) is 6.32.